The van der Waals surface area contributed by atoms with Gasteiger partial charge < -0.3 is 20.3 Å². The maximum atomic E-state index is 6.14. The van der Waals surface area contributed by atoms with E-state index in [0.29, 0.717) is 12.1 Å². The van der Waals surface area contributed by atoms with Gasteiger partial charge in [0.05, 0.1) is 6.10 Å². The normalized spacial score (nSPS) is 19.8. The molecule has 1 aromatic rings. The summed E-state index contributed by atoms with van der Waals surface area (Å²) in [6, 6.07) is 0. The van der Waals surface area contributed by atoms with Crippen molar-refractivity contribution in [3.05, 3.63) is 11.6 Å². The summed E-state index contributed by atoms with van der Waals surface area (Å²) in [5.41, 5.74) is 6.14. The quantitative estimate of drug-likeness (QED) is 0.294. The number of aromatic nitrogens is 1. The number of ether oxygens (including phenoxy) is 1. The van der Waals surface area contributed by atoms with Crippen molar-refractivity contribution in [2.24, 2.45) is 10.7 Å². The van der Waals surface area contributed by atoms with E-state index < -0.39 is 0 Å². The largest absolute Gasteiger partial charge is 0.378 e. The van der Waals surface area contributed by atoms with E-state index in [1.54, 1.807) is 11.3 Å². The Balaban J connectivity index is 0.00000225. The van der Waals surface area contributed by atoms with E-state index in [-0.39, 0.29) is 24.0 Å². The van der Waals surface area contributed by atoms with Gasteiger partial charge in [0.15, 0.2) is 11.1 Å². The van der Waals surface area contributed by atoms with Crippen LogP contribution in [0.15, 0.2) is 16.6 Å². The zero-order chi connectivity index (χ0) is 16.6. The molecule has 1 aliphatic heterocycles. The maximum Gasteiger partial charge on any atom is 0.191 e. The lowest BCUT2D eigenvalue weighted by molar-refractivity contribution is 0.0281. The second-order valence-electron chi connectivity index (χ2n) is 6.51. The van der Waals surface area contributed by atoms with Crippen molar-refractivity contribution in [3.8, 4) is 0 Å². The summed E-state index contributed by atoms with van der Waals surface area (Å²) in [5, 5.41) is 3.12. The van der Waals surface area contributed by atoms with E-state index in [0.717, 1.165) is 50.9 Å². The first kappa shape index (κ1) is 20.7. The number of nitrogens with zero attached hydrogens (tertiary/aromatic N) is 4. The van der Waals surface area contributed by atoms with Crippen LogP contribution in [0.2, 0.25) is 0 Å². The van der Waals surface area contributed by atoms with E-state index in [2.05, 4.69) is 19.8 Å². The average molecular weight is 479 g/mol. The molecule has 142 valence electrons. The predicted molar refractivity (Wildman–Crippen MR) is 115 cm³/mol. The third kappa shape index (κ3) is 6.56. The predicted octanol–water partition coefficient (Wildman–Crippen LogP) is 2.94. The zero-order valence-corrected chi connectivity index (χ0v) is 18.0. The Hall–Kier alpha value is -0.610. The monoisotopic (exact) mass is 479 g/mol. The van der Waals surface area contributed by atoms with Gasteiger partial charge in [-0.05, 0) is 19.3 Å². The number of halogens is 1. The molecule has 2 aliphatic rings. The summed E-state index contributed by atoms with van der Waals surface area (Å²) in [6.45, 7) is 5.29. The highest BCUT2D eigenvalue weighted by Gasteiger charge is 2.19. The SMILES string of the molecule is I.NC(=NCCCOC1CCCCC1)N1CCN(c2nccs2)CC1. The molecule has 25 heavy (non-hydrogen) atoms. The average Bonchev–Trinajstić information content (AvgIpc) is 3.17. The third-order valence-corrected chi connectivity index (χ3v) is 5.61. The van der Waals surface area contributed by atoms with E-state index in [4.69, 9.17) is 10.5 Å². The Kier molecular flexibility index (Phi) is 9.25. The standard InChI is InChI=1S/C17H29N5OS.HI/c18-16(19-7-4-13-23-15-5-2-1-3-6-15)21-9-11-22(12-10-21)17-20-8-14-24-17;/h8,14-15H,1-7,9-13H2,(H2,18,19);1H. The molecule has 2 heterocycles. The Morgan fingerprint density at radius 3 is 2.68 bits per heavy atom. The van der Waals surface area contributed by atoms with Gasteiger partial charge in [-0.3, -0.25) is 4.99 Å². The Labute approximate surface area is 171 Å². The summed E-state index contributed by atoms with van der Waals surface area (Å²) in [4.78, 5) is 13.4. The molecule has 3 rings (SSSR count). The number of thiazole rings is 1. The van der Waals surface area contributed by atoms with Crippen LogP contribution in [0.4, 0.5) is 5.13 Å². The highest BCUT2D eigenvalue weighted by molar-refractivity contribution is 14.0. The van der Waals surface area contributed by atoms with Gasteiger partial charge in [-0.15, -0.1) is 35.3 Å². The first-order valence-electron chi connectivity index (χ1n) is 9.14. The lowest BCUT2D eigenvalue weighted by Crippen LogP contribution is -2.51. The van der Waals surface area contributed by atoms with Gasteiger partial charge in [0.2, 0.25) is 0 Å². The van der Waals surface area contributed by atoms with Crippen molar-refractivity contribution < 1.29 is 4.74 Å². The van der Waals surface area contributed by atoms with Crippen molar-refractivity contribution >= 4 is 46.4 Å². The molecule has 8 heteroatoms. The van der Waals surface area contributed by atoms with E-state index in [9.17, 15) is 0 Å². The van der Waals surface area contributed by atoms with Crippen LogP contribution in [-0.4, -0.2) is 61.3 Å². The molecular weight excluding hydrogens is 449 g/mol. The number of hydrogen-bond acceptors (Lipinski definition) is 5. The van der Waals surface area contributed by atoms with Crippen LogP contribution in [0, 0.1) is 0 Å². The molecule has 2 fully saturated rings. The van der Waals surface area contributed by atoms with Gasteiger partial charge in [0, 0.05) is 50.9 Å². The molecule has 0 bridgehead atoms. The molecule has 0 unspecified atom stereocenters. The highest BCUT2D eigenvalue weighted by atomic mass is 127. The molecule has 0 atom stereocenters. The second kappa shape index (κ2) is 11.2. The van der Waals surface area contributed by atoms with Crippen LogP contribution in [0.3, 0.4) is 0 Å². The molecule has 1 saturated heterocycles. The smallest absolute Gasteiger partial charge is 0.191 e. The summed E-state index contributed by atoms with van der Waals surface area (Å²) in [5.74, 6) is 0.673. The topological polar surface area (TPSA) is 67.0 Å². The van der Waals surface area contributed by atoms with E-state index in [1.807, 2.05) is 11.6 Å². The van der Waals surface area contributed by atoms with Crippen molar-refractivity contribution in [1.29, 1.82) is 0 Å². The van der Waals surface area contributed by atoms with Gasteiger partial charge in [-0.25, -0.2) is 4.98 Å². The van der Waals surface area contributed by atoms with Crippen molar-refractivity contribution in [1.82, 2.24) is 9.88 Å². The molecular formula is C17H30IN5OS. The molecule has 1 aliphatic carbocycles. The number of nitrogens with two attached hydrogens (primary N) is 1. The minimum absolute atomic E-state index is 0. The molecule has 0 aromatic carbocycles. The summed E-state index contributed by atoms with van der Waals surface area (Å²) in [6.07, 6.45) is 9.78. The minimum atomic E-state index is 0. The Bertz CT molecular complexity index is 499. The lowest BCUT2D eigenvalue weighted by Gasteiger charge is -2.35. The van der Waals surface area contributed by atoms with E-state index >= 15 is 0 Å². The summed E-state index contributed by atoms with van der Waals surface area (Å²) in [7, 11) is 0. The van der Waals surface area contributed by atoms with Gasteiger partial charge in [-0.1, -0.05) is 19.3 Å². The number of hydrogen-bond donors (Lipinski definition) is 1. The van der Waals surface area contributed by atoms with Crippen LogP contribution in [0.5, 0.6) is 0 Å². The number of rotatable bonds is 6. The Morgan fingerprint density at radius 1 is 1.24 bits per heavy atom. The van der Waals surface area contributed by atoms with Gasteiger partial charge in [0.1, 0.15) is 0 Å². The van der Waals surface area contributed by atoms with Crippen LogP contribution in [-0.2, 0) is 4.74 Å². The fourth-order valence-electron chi connectivity index (χ4n) is 3.34. The minimum Gasteiger partial charge on any atom is -0.378 e. The van der Waals surface area contributed by atoms with Crippen molar-refractivity contribution in [2.75, 3.05) is 44.2 Å². The van der Waals surface area contributed by atoms with Gasteiger partial charge in [0.25, 0.3) is 0 Å². The van der Waals surface area contributed by atoms with Gasteiger partial charge >= 0.3 is 0 Å². The molecule has 0 spiro atoms. The van der Waals surface area contributed by atoms with Crippen LogP contribution in [0.1, 0.15) is 38.5 Å². The molecule has 6 nitrogen and oxygen atoms in total. The van der Waals surface area contributed by atoms with Gasteiger partial charge in [-0.2, -0.15) is 0 Å². The lowest BCUT2D eigenvalue weighted by atomic mass is 9.98. The Morgan fingerprint density at radius 2 is 2.00 bits per heavy atom. The first-order valence-corrected chi connectivity index (χ1v) is 10.0. The third-order valence-electron chi connectivity index (χ3n) is 4.78. The fourth-order valence-corrected chi connectivity index (χ4v) is 4.04. The molecule has 1 saturated carbocycles. The number of piperazine rings is 1. The number of guanidine groups is 1. The summed E-state index contributed by atoms with van der Waals surface area (Å²) >= 11 is 1.69. The van der Waals surface area contributed by atoms with E-state index in [1.165, 1.54) is 32.1 Å². The van der Waals surface area contributed by atoms with Crippen LogP contribution < -0.4 is 10.6 Å². The number of anilines is 1. The molecule has 2 N–H and O–H groups in total. The zero-order valence-electron chi connectivity index (χ0n) is 14.8. The molecule has 1 aromatic heterocycles. The van der Waals surface area contributed by atoms with Crippen molar-refractivity contribution in [2.45, 2.75) is 44.6 Å². The van der Waals surface area contributed by atoms with Crippen molar-refractivity contribution in [3.63, 3.8) is 0 Å². The summed E-state index contributed by atoms with van der Waals surface area (Å²) < 4.78 is 5.93. The second-order valence-corrected chi connectivity index (χ2v) is 7.39. The number of aliphatic imine (C=N–C) groups is 1. The molecule has 0 amide bonds. The first-order chi connectivity index (χ1) is 11.8. The van der Waals surface area contributed by atoms with Crippen LogP contribution in [0.25, 0.3) is 0 Å². The fraction of sp³-hybridized carbons (Fsp3) is 0.765. The molecule has 0 radical (unpaired) electrons. The highest BCUT2D eigenvalue weighted by Crippen LogP contribution is 2.20. The maximum absolute atomic E-state index is 6.14. The van der Waals surface area contributed by atoms with Crippen LogP contribution >= 0.6 is 35.3 Å².